The van der Waals surface area contributed by atoms with Crippen LogP contribution in [0.25, 0.3) is 0 Å². The Balaban J connectivity index is 1.22. The summed E-state index contributed by atoms with van der Waals surface area (Å²) in [5.41, 5.74) is 4.49. The molecule has 1 aliphatic carbocycles. The van der Waals surface area contributed by atoms with E-state index in [4.69, 9.17) is 14.2 Å². The molecule has 0 radical (unpaired) electrons. The number of amides is 1. The number of hydrogen-bond acceptors (Lipinski definition) is 7. The number of nitrogens with zero attached hydrogens (tertiary/aromatic N) is 1. The molecule has 0 aromatic heterocycles. The zero-order valence-electron chi connectivity index (χ0n) is 34.4. The molecule has 3 atom stereocenters. The van der Waals surface area contributed by atoms with E-state index in [2.05, 4.69) is 43.3 Å². The van der Waals surface area contributed by atoms with Gasteiger partial charge in [0.2, 0.25) is 5.91 Å². The van der Waals surface area contributed by atoms with Crippen LogP contribution >= 0.6 is 0 Å². The van der Waals surface area contributed by atoms with Crippen LogP contribution in [-0.4, -0.2) is 35.3 Å². The molecule has 0 aliphatic heterocycles. The van der Waals surface area contributed by atoms with Crippen molar-refractivity contribution in [1.82, 2.24) is 4.90 Å². The zero-order valence-corrected chi connectivity index (χ0v) is 34.4. The normalized spacial score (nSPS) is 17.6. The second-order valence-electron chi connectivity index (χ2n) is 15.6. The molecule has 60 heavy (non-hydrogen) atoms. The van der Waals surface area contributed by atoms with Gasteiger partial charge in [0.1, 0.15) is 19.8 Å². The molecule has 8 nitrogen and oxygen atoms in total. The first-order valence-corrected chi connectivity index (χ1v) is 21.0. The molecule has 1 saturated carbocycles. The minimum Gasteiger partial charge on any atom is -0.461 e. The molecule has 310 valence electrons. The van der Waals surface area contributed by atoms with E-state index in [1.807, 2.05) is 127 Å². The number of rotatable bonds is 21. The SMILES string of the molecule is C[C@@H](/C=C/CCCN(Cc1ccccc1)C(=O)[C@H]1[C@H](C(=O)OCc2ccccc2)[C@H](C(=O)OCc2ccccc2)[C@H]1C(=O)OCc1ccccc1)CCCc1ccccc1. The van der Waals surface area contributed by atoms with Crippen molar-refractivity contribution in [3.63, 3.8) is 0 Å². The molecule has 0 spiro atoms. The van der Waals surface area contributed by atoms with Gasteiger partial charge in [-0.1, -0.05) is 171 Å². The Labute approximate surface area is 354 Å². The third-order valence-corrected chi connectivity index (χ3v) is 11.1. The summed E-state index contributed by atoms with van der Waals surface area (Å²) in [6.07, 6.45) is 9.03. The molecule has 0 N–H and O–H groups in total. The van der Waals surface area contributed by atoms with Crippen molar-refractivity contribution >= 4 is 23.8 Å². The van der Waals surface area contributed by atoms with E-state index in [0.29, 0.717) is 18.9 Å². The number of benzene rings is 5. The minimum absolute atomic E-state index is 0.0588. The number of carbonyl (C=O) groups excluding carboxylic acids is 4. The maximum atomic E-state index is 15.0. The van der Waals surface area contributed by atoms with Gasteiger partial charge in [-0.2, -0.15) is 0 Å². The largest absolute Gasteiger partial charge is 0.461 e. The third-order valence-electron chi connectivity index (χ3n) is 11.1. The number of allylic oxidation sites excluding steroid dienone is 2. The molecule has 1 fully saturated rings. The molecule has 5 aromatic carbocycles. The molecule has 0 heterocycles. The highest BCUT2D eigenvalue weighted by Crippen LogP contribution is 2.50. The first kappa shape index (κ1) is 43.3. The second-order valence-corrected chi connectivity index (χ2v) is 15.6. The Hall–Kier alpha value is -6.28. The van der Waals surface area contributed by atoms with Gasteiger partial charge >= 0.3 is 17.9 Å². The smallest absolute Gasteiger partial charge is 0.311 e. The molecular weight excluding hydrogens is 751 g/mol. The van der Waals surface area contributed by atoms with Crippen molar-refractivity contribution < 1.29 is 33.4 Å². The predicted molar refractivity (Wildman–Crippen MR) is 231 cm³/mol. The standard InChI is InChI=1S/C52H55NO7/c1-39(22-20-33-40-23-9-2-10-24-40)21-8-7-19-34-53(35-41-25-11-3-12-26-41)49(54)45-46(50(55)58-36-42-27-13-4-14-28-42)48(52(57)60-38-44-31-17-6-18-32-44)47(45)51(56)59-37-43-29-15-5-16-30-43/h2-6,8-18,21,23-32,39,45-48H,7,19-20,22,33-38H2,1H3/b21-8+/t39-,45-,46-,47-,48-/m0/s1. The van der Waals surface area contributed by atoms with Crippen LogP contribution in [-0.2, 0) is 66.2 Å². The fraction of sp³-hybridized carbons (Fsp3) is 0.308. The Morgan fingerprint density at radius 3 is 1.33 bits per heavy atom. The van der Waals surface area contributed by atoms with Gasteiger partial charge < -0.3 is 19.1 Å². The Bertz CT molecular complexity index is 2050. The van der Waals surface area contributed by atoms with Gasteiger partial charge in [0.15, 0.2) is 0 Å². The van der Waals surface area contributed by atoms with E-state index < -0.39 is 47.5 Å². The van der Waals surface area contributed by atoms with E-state index in [9.17, 15) is 14.4 Å². The highest BCUT2D eigenvalue weighted by Gasteiger charge is 2.65. The van der Waals surface area contributed by atoms with Crippen LogP contribution < -0.4 is 0 Å². The maximum absolute atomic E-state index is 15.0. The first-order valence-electron chi connectivity index (χ1n) is 21.0. The van der Waals surface area contributed by atoms with Crippen LogP contribution in [0.3, 0.4) is 0 Å². The summed E-state index contributed by atoms with van der Waals surface area (Å²) in [5, 5.41) is 0. The minimum atomic E-state index is -1.29. The third kappa shape index (κ3) is 12.6. The number of esters is 3. The van der Waals surface area contributed by atoms with E-state index in [-0.39, 0.29) is 26.4 Å². The van der Waals surface area contributed by atoms with E-state index >= 15 is 4.79 Å². The van der Waals surface area contributed by atoms with Crippen LogP contribution in [0.1, 0.15) is 60.4 Å². The molecule has 1 aliphatic rings. The number of carbonyl (C=O) groups is 4. The molecule has 1 amide bonds. The van der Waals surface area contributed by atoms with Crippen LogP contribution in [0.5, 0.6) is 0 Å². The lowest BCUT2D eigenvalue weighted by atomic mass is 9.55. The van der Waals surface area contributed by atoms with E-state index in [1.54, 1.807) is 4.90 Å². The lowest BCUT2D eigenvalue weighted by Gasteiger charge is -2.47. The molecule has 6 rings (SSSR count). The summed E-state index contributed by atoms with van der Waals surface area (Å²) in [7, 11) is 0. The van der Waals surface area contributed by atoms with Crippen molar-refractivity contribution in [2.45, 2.75) is 65.4 Å². The lowest BCUT2D eigenvalue weighted by molar-refractivity contribution is -0.198. The summed E-state index contributed by atoms with van der Waals surface area (Å²) in [4.78, 5) is 59.2. The summed E-state index contributed by atoms with van der Waals surface area (Å²) in [6, 6.07) is 47.7. The predicted octanol–water partition coefficient (Wildman–Crippen LogP) is 9.72. The van der Waals surface area contributed by atoms with E-state index in [0.717, 1.165) is 47.9 Å². The van der Waals surface area contributed by atoms with Crippen LogP contribution in [0.4, 0.5) is 0 Å². The van der Waals surface area contributed by atoms with E-state index in [1.165, 1.54) is 5.56 Å². The van der Waals surface area contributed by atoms with Gasteiger partial charge in [0, 0.05) is 13.1 Å². The van der Waals surface area contributed by atoms with Gasteiger partial charge in [-0.05, 0) is 65.8 Å². The fourth-order valence-electron chi connectivity index (χ4n) is 7.79. The van der Waals surface area contributed by atoms with Gasteiger partial charge in [-0.25, -0.2) is 0 Å². The summed E-state index contributed by atoms with van der Waals surface area (Å²) in [6.45, 7) is 2.67. The first-order chi connectivity index (χ1) is 29.4. The number of aryl methyl sites for hydroxylation is 1. The number of ether oxygens (including phenoxy) is 3. The Kier molecular flexibility index (Phi) is 16.4. The zero-order chi connectivity index (χ0) is 41.9. The Morgan fingerprint density at radius 2 is 0.900 bits per heavy atom. The van der Waals surface area contributed by atoms with Crippen molar-refractivity contribution in [1.29, 1.82) is 0 Å². The second kappa shape index (κ2) is 22.8. The monoisotopic (exact) mass is 805 g/mol. The lowest BCUT2D eigenvalue weighted by Crippen LogP contribution is -2.63. The molecule has 0 bridgehead atoms. The van der Waals surface area contributed by atoms with Crippen molar-refractivity contribution in [3.05, 3.63) is 192 Å². The number of unbranched alkanes of at least 4 members (excludes halogenated alkanes) is 1. The average Bonchev–Trinajstić information content (AvgIpc) is 3.28. The summed E-state index contributed by atoms with van der Waals surface area (Å²) < 4.78 is 17.4. The topological polar surface area (TPSA) is 99.2 Å². The van der Waals surface area contributed by atoms with Crippen molar-refractivity contribution in [3.8, 4) is 0 Å². The quantitative estimate of drug-likeness (QED) is 0.0315. The van der Waals surface area contributed by atoms with Crippen molar-refractivity contribution in [2.75, 3.05) is 6.54 Å². The molecular formula is C52H55NO7. The number of hydrogen-bond donors (Lipinski definition) is 0. The maximum Gasteiger partial charge on any atom is 0.311 e. The van der Waals surface area contributed by atoms with Gasteiger partial charge in [0.05, 0.1) is 23.7 Å². The van der Waals surface area contributed by atoms with Crippen LogP contribution in [0.2, 0.25) is 0 Å². The summed E-state index contributed by atoms with van der Waals surface area (Å²) in [5.74, 6) is -7.29. The highest BCUT2D eigenvalue weighted by molar-refractivity contribution is 5.99. The fourth-order valence-corrected chi connectivity index (χ4v) is 7.79. The molecule has 5 aromatic rings. The van der Waals surface area contributed by atoms with Crippen molar-refractivity contribution in [2.24, 2.45) is 29.6 Å². The molecule has 8 heteroatoms. The average molecular weight is 806 g/mol. The summed E-state index contributed by atoms with van der Waals surface area (Å²) >= 11 is 0. The van der Waals surface area contributed by atoms with Gasteiger partial charge in [-0.3, -0.25) is 19.2 Å². The highest BCUT2D eigenvalue weighted by atomic mass is 16.5. The molecule has 0 unspecified atom stereocenters. The van der Waals surface area contributed by atoms with Gasteiger partial charge in [-0.15, -0.1) is 0 Å². The Morgan fingerprint density at radius 1 is 0.517 bits per heavy atom. The van der Waals surface area contributed by atoms with Gasteiger partial charge in [0.25, 0.3) is 0 Å². The van der Waals surface area contributed by atoms with Crippen LogP contribution in [0.15, 0.2) is 164 Å². The van der Waals surface area contributed by atoms with Crippen LogP contribution in [0, 0.1) is 29.6 Å². The molecule has 0 saturated heterocycles.